The van der Waals surface area contributed by atoms with Gasteiger partial charge in [0.15, 0.2) is 0 Å². The third-order valence-electron chi connectivity index (χ3n) is 4.98. The van der Waals surface area contributed by atoms with Gasteiger partial charge in [0.05, 0.1) is 33.9 Å². The number of allylic oxidation sites excluding steroid dienone is 4. The zero-order chi connectivity index (χ0) is 23.4. The van der Waals surface area contributed by atoms with Crippen molar-refractivity contribution in [3.63, 3.8) is 0 Å². The molecule has 2 aromatic rings. The van der Waals surface area contributed by atoms with Crippen LogP contribution in [-0.2, 0) is 11.2 Å². The topological polar surface area (TPSA) is 63.9 Å². The van der Waals surface area contributed by atoms with Gasteiger partial charge in [0.2, 0.25) is 0 Å². The fourth-order valence-electron chi connectivity index (χ4n) is 3.54. The summed E-state index contributed by atoms with van der Waals surface area (Å²) in [7, 11) is 0. The third-order valence-corrected chi connectivity index (χ3v) is 4.98. The summed E-state index contributed by atoms with van der Waals surface area (Å²) in [5, 5.41) is 33.0. The van der Waals surface area contributed by atoms with E-state index in [0.717, 1.165) is 0 Å². The molecule has 0 aliphatic carbocycles. The van der Waals surface area contributed by atoms with Crippen molar-refractivity contribution in [1.82, 2.24) is 0 Å². The van der Waals surface area contributed by atoms with Crippen molar-refractivity contribution in [2.75, 3.05) is 4.90 Å². The lowest BCUT2D eigenvalue weighted by molar-refractivity contribution is 0.0781. The van der Waals surface area contributed by atoms with E-state index in [-0.39, 0.29) is 0 Å². The molecule has 0 amide bonds. The van der Waals surface area contributed by atoms with Gasteiger partial charge in [-0.25, -0.2) is 0 Å². The van der Waals surface area contributed by atoms with Crippen LogP contribution in [0.25, 0.3) is 0 Å². The molecule has 0 heterocycles. The molecule has 166 valence electrons. The number of anilines is 2. The second-order valence-electron chi connectivity index (χ2n) is 9.22. The van der Waals surface area contributed by atoms with Crippen LogP contribution in [-0.4, -0.2) is 20.9 Å². The van der Waals surface area contributed by atoms with Crippen LogP contribution >= 0.6 is 0 Å². The van der Waals surface area contributed by atoms with Crippen LogP contribution in [0, 0.1) is 0 Å². The standard InChI is InChI=1S/C27H35NO3/c1-8-9-10-19-24(27(6,7)31)28(22-17-13-11-15-20(22)25(2,3)29)23-18-14-12-16-21(23)26(4,5)30/h8-19,29-31H,1H2,2-7H3/b10-9-,24-19+. The fraction of sp³-hybridized carbons (Fsp3) is 0.333. The van der Waals surface area contributed by atoms with Gasteiger partial charge in [0.1, 0.15) is 0 Å². The molecule has 0 aliphatic rings. The average molecular weight is 422 g/mol. The summed E-state index contributed by atoms with van der Waals surface area (Å²) in [6.07, 6.45) is 7.09. The molecule has 0 spiro atoms. The second-order valence-corrected chi connectivity index (χ2v) is 9.22. The Morgan fingerprint density at radius 3 is 1.52 bits per heavy atom. The molecule has 0 fully saturated rings. The van der Waals surface area contributed by atoms with E-state index in [9.17, 15) is 15.3 Å². The van der Waals surface area contributed by atoms with Gasteiger partial charge >= 0.3 is 0 Å². The molecular formula is C27H35NO3. The molecule has 0 aromatic heterocycles. The van der Waals surface area contributed by atoms with E-state index < -0.39 is 16.8 Å². The Hall–Kier alpha value is -2.66. The van der Waals surface area contributed by atoms with Gasteiger partial charge in [-0.15, -0.1) is 0 Å². The average Bonchev–Trinajstić information content (AvgIpc) is 2.65. The molecule has 31 heavy (non-hydrogen) atoms. The van der Waals surface area contributed by atoms with Gasteiger partial charge in [0, 0.05) is 11.1 Å². The minimum absolute atomic E-state index is 0.582. The Bertz CT molecular complexity index is 909. The van der Waals surface area contributed by atoms with Crippen LogP contribution in [0.3, 0.4) is 0 Å². The highest BCUT2D eigenvalue weighted by molar-refractivity contribution is 5.76. The van der Waals surface area contributed by atoms with Crippen molar-refractivity contribution in [3.05, 3.63) is 96.2 Å². The van der Waals surface area contributed by atoms with E-state index >= 15 is 0 Å². The lowest BCUT2D eigenvalue weighted by atomic mass is 9.91. The number of aliphatic hydroxyl groups is 3. The van der Waals surface area contributed by atoms with Crippen LogP contribution in [0.15, 0.2) is 85.1 Å². The Kier molecular flexibility index (Phi) is 7.32. The molecule has 4 nitrogen and oxygen atoms in total. The smallest absolute Gasteiger partial charge is 0.0993 e. The third kappa shape index (κ3) is 5.95. The van der Waals surface area contributed by atoms with E-state index in [1.807, 2.05) is 65.6 Å². The molecule has 0 radical (unpaired) electrons. The van der Waals surface area contributed by atoms with E-state index in [1.165, 1.54) is 0 Å². The predicted octanol–water partition coefficient (Wildman–Crippen LogP) is 5.68. The van der Waals surface area contributed by atoms with Crippen LogP contribution < -0.4 is 4.90 Å². The summed E-state index contributed by atoms with van der Waals surface area (Å²) in [5.41, 5.74) is -0.0735. The van der Waals surface area contributed by atoms with E-state index in [4.69, 9.17) is 0 Å². The lowest BCUT2D eigenvalue weighted by Gasteiger charge is -2.39. The monoisotopic (exact) mass is 421 g/mol. The maximum Gasteiger partial charge on any atom is 0.0993 e. The van der Waals surface area contributed by atoms with Gasteiger partial charge < -0.3 is 20.2 Å². The number of hydrogen-bond donors (Lipinski definition) is 3. The summed E-state index contributed by atoms with van der Waals surface area (Å²) in [6.45, 7) is 14.1. The fourth-order valence-corrected chi connectivity index (χ4v) is 3.54. The van der Waals surface area contributed by atoms with Crippen LogP contribution in [0.5, 0.6) is 0 Å². The maximum atomic E-state index is 11.2. The molecule has 0 saturated heterocycles. The number of hydrogen-bond acceptors (Lipinski definition) is 4. The first-order valence-electron chi connectivity index (χ1n) is 10.4. The van der Waals surface area contributed by atoms with Gasteiger partial charge in [-0.05, 0) is 59.8 Å². The molecule has 2 aromatic carbocycles. The normalized spacial score (nSPS) is 13.5. The number of benzene rings is 2. The van der Waals surface area contributed by atoms with Crippen molar-refractivity contribution in [1.29, 1.82) is 0 Å². The highest BCUT2D eigenvalue weighted by atomic mass is 16.3. The van der Waals surface area contributed by atoms with Crippen molar-refractivity contribution >= 4 is 11.4 Å². The van der Waals surface area contributed by atoms with Crippen LogP contribution in [0.1, 0.15) is 52.7 Å². The quantitative estimate of drug-likeness (QED) is 0.480. The Morgan fingerprint density at radius 2 is 1.16 bits per heavy atom. The Balaban J connectivity index is 2.98. The molecule has 0 saturated carbocycles. The van der Waals surface area contributed by atoms with E-state index in [0.29, 0.717) is 28.2 Å². The molecule has 4 heteroatoms. The Morgan fingerprint density at radius 1 is 0.742 bits per heavy atom. The van der Waals surface area contributed by atoms with Crippen molar-refractivity contribution in [2.24, 2.45) is 0 Å². The summed E-state index contributed by atoms with van der Waals surface area (Å²) in [4.78, 5) is 1.91. The highest BCUT2D eigenvalue weighted by Crippen LogP contribution is 2.43. The molecule has 0 unspecified atom stereocenters. The minimum Gasteiger partial charge on any atom is -0.386 e. The number of rotatable bonds is 8. The van der Waals surface area contributed by atoms with Crippen molar-refractivity contribution < 1.29 is 15.3 Å². The molecule has 2 rings (SSSR count). The highest BCUT2D eigenvalue weighted by Gasteiger charge is 2.33. The van der Waals surface area contributed by atoms with Crippen LogP contribution in [0.4, 0.5) is 11.4 Å². The zero-order valence-corrected chi connectivity index (χ0v) is 19.4. The van der Waals surface area contributed by atoms with Crippen LogP contribution in [0.2, 0.25) is 0 Å². The first-order chi connectivity index (χ1) is 14.3. The first-order valence-corrected chi connectivity index (χ1v) is 10.4. The molecule has 3 N–H and O–H groups in total. The van der Waals surface area contributed by atoms with E-state index in [1.54, 1.807) is 53.7 Å². The van der Waals surface area contributed by atoms with Gasteiger partial charge in [-0.2, -0.15) is 0 Å². The minimum atomic E-state index is -1.23. The number of para-hydroxylation sites is 2. The first kappa shape index (κ1) is 24.6. The lowest BCUT2D eigenvalue weighted by Crippen LogP contribution is -2.36. The second kappa shape index (κ2) is 9.23. The van der Waals surface area contributed by atoms with Gasteiger partial charge in [0.25, 0.3) is 0 Å². The van der Waals surface area contributed by atoms with E-state index in [2.05, 4.69) is 6.58 Å². The Labute approximate surface area is 186 Å². The summed E-state index contributed by atoms with van der Waals surface area (Å²) in [6, 6.07) is 15.1. The SMILES string of the molecule is C=C/C=C\C=C(\N(c1ccccc1C(C)(C)O)c1ccccc1C(C)(C)O)C(C)(C)O. The maximum absolute atomic E-state index is 11.2. The zero-order valence-electron chi connectivity index (χ0n) is 19.4. The predicted molar refractivity (Wildman–Crippen MR) is 129 cm³/mol. The van der Waals surface area contributed by atoms with Gasteiger partial charge in [-0.1, -0.05) is 61.2 Å². The summed E-state index contributed by atoms with van der Waals surface area (Å²) < 4.78 is 0. The van der Waals surface area contributed by atoms with Crippen molar-refractivity contribution in [2.45, 2.75) is 58.3 Å². The summed E-state index contributed by atoms with van der Waals surface area (Å²) in [5.74, 6) is 0. The number of nitrogens with zero attached hydrogens (tertiary/aromatic N) is 1. The molecule has 0 aliphatic heterocycles. The van der Waals surface area contributed by atoms with Crippen molar-refractivity contribution in [3.8, 4) is 0 Å². The molecule has 0 bridgehead atoms. The molecule has 0 atom stereocenters. The summed E-state index contributed by atoms with van der Waals surface area (Å²) >= 11 is 0. The largest absolute Gasteiger partial charge is 0.386 e. The molecular weight excluding hydrogens is 386 g/mol. The van der Waals surface area contributed by atoms with Gasteiger partial charge in [-0.3, -0.25) is 0 Å².